The summed E-state index contributed by atoms with van der Waals surface area (Å²) in [5.41, 5.74) is 1.80. The summed E-state index contributed by atoms with van der Waals surface area (Å²) in [6.07, 6.45) is 1.73. The van der Waals surface area contributed by atoms with Crippen molar-refractivity contribution in [1.29, 1.82) is 0 Å². The monoisotopic (exact) mass is 407 g/mol. The second-order valence-corrected chi connectivity index (χ2v) is 8.14. The summed E-state index contributed by atoms with van der Waals surface area (Å²) >= 11 is 12.1. The van der Waals surface area contributed by atoms with Crippen LogP contribution >= 0.6 is 23.2 Å². The van der Waals surface area contributed by atoms with Crippen LogP contribution in [0.4, 0.5) is 4.39 Å². The molecule has 0 aliphatic carbocycles. The molecule has 0 N–H and O–H groups in total. The highest BCUT2D eigenvalue weighted by molar-refractivity contribution is 6.33. The van der Waals surface area contributed by atoms with E-state index in [9.17, 15) is 9.18 Å². The van der Waals surface area contributed by atoms with Crippen molar-refractivity contribution in [2.24, 2.45) is 5.92 Å². The van der Waals surface area contributed by atoms with Gasteiger partial charge in [0, 0.05) is 30.1 Å². The van der Waals surface area contributed by atoms with E-state index >= 15 is 0 Å². The molecule has 2 unspecified atom stereocenters. The summed E-state index contributed by atoms with van der Waals surface area (Å²) in [6, 6.07) is 16.8. The number of hydrogen-bond donors (Lipinski definition) is 0. The van der Waals surface area contributed by atoms with Gasteiger partial charge < -0.3 is 0 Å². The maximum Gasteiger partial charge on any atom is 0.180 e. The number of nitrogens with zero attached hydrogens (tertiary/aromatic N) is 1. The molecule has 1 fully saturated rings. The van der Waals surface area contributed by atoms with Crippen molar-refractivity contribution in [3.63, 3.8) is 0 Å². The van der Waals surface area contributed by atoms with Gasteiger partial charge in [0.2, 0.25) is 0 Å². The van der Waals surface area contributed by atoms with Gasteiger partial charge in [-0.15, -0.1) is 11.6 Å². The number of carbonyl (C=O) groups is 1. The van der Waals surface area contributed by atoms with Crippen LogP contribution < -0.4 is 0 Å². The van der Waals surface area contributed by atoms with Crippen molar-refractivity contribution < 1.29 is 9.18 Å². The molecular formula is C22H24Cl2FNO. The first-order valence-electron chi connectivity index (χ1n) is 9.39. The highest BCUT2D eigenvalue weighted by Crippen LogP contribution is 2.26. The molecule has 0 saturated carbocycles. The molecule has 2 aromatic rings. The van der Waals surface area contributed by atoms with Gasteiger partial charge in [-0.25, -0.2) is 4.39 Å². The molecule has 2 aromatic carbocycles. The van der Waals surface area contributed by atoms with Crippen LogP contribution in [0.5, 0.6) is 0 Å². The fourth-order valence-corrected chi connectivity index (χ4v) is 4.00. The molecule has 0 amide bonds. The molecule has 1 aliphatic heterocycles. The van der Waals surface area contributed by atoms with E-state index in [1.165, 1.54) is 5.56 Å². The average molecular weight is 408 g/mol. The van der Waals surface area contributed by atoms with Crippen molar-refractivity contribution >= 4 is 29.0 Å². The summed E-state index contributed by atoms with van der Waals surface area (Å²) in [5, 5.41) is -0.0938. The van der Waals surface area contributed by atoms with Crippen LogP contribution in [0.2, 0.25) is 5.02 Å². The lowest BCUT2D eigenvalue weighted by Crippen LogP contribution is -2.41. The lowest BCUT2D eigenvalue weighted by molar-refractivity contribution is 0.0411. The number of Topliss-reactive ketones (excluding diaryl/α,β-unsaturated/α-hetero) is 1. The maximum atomic E-state index is 14.7. The summed E-state index contributed by atoms with van der Waals surface area (Å²) < 4.78 is 14.7. The van der Waals surface area contributed by atoms with E-state index in [2.05, 4.69) is 12.1 Å². The van der Waals surface area contributed by atoms with Gasteiger partial charge in [-0.3, -0.25) is 9.69 Å². The van der Waals surface area contributed by atoms with Crippen molar-refractivity contribution in [3.8, 4) is 0 Å². The molecule has 2 atom stereocenters. The Labute approximate surface area is 170 Å². The van der Waals surface area contributed by atoms with Crippen molar-refractivity contribution in [1.82, 2.24) is 4.90 Å². The molecule has 0 aromatic heterocycles. The average Bonchev–Trinajstić information content (AvgIpc) is 2.70. The second-order valence-electron chi connectivity index (χ2n) is 7.18. The molecule has 1 saturated heterocycles. The first kappa shape index (κ1) is 20.3. The van der Waals surface area contributed by atoms with Gasteiger partial charge in [0.05, 0.1) is 0 Å². The minimum absolute atomic E-state index is 0.0249. The lowest BCUT2D eigenvalue weighted by Gasteiger charge is -2.34. The zero-order valence-electron chi connectivity index (χ0n) is 15.2. The molecule has 27 heavy (non-hydrogen) atoms. The molecule has 5 heteroatoms. The molecule has 2 nitrogen and oxygen atoms in total. The first-order valence-corrected chi connectivity index (χ1v) is 10.2. The Bertz CT molecular complexity index is 730. The predicted molar refractivity (Wildman–Crippen MR) is 109 cm³/mol. The minimum atomic E-state index is -1.18. The number of carbonyl (C=O) groups excluding carboxylic acids is 1. The largest absolute Gasteiger partial charge is 0.293 e. The summed E-state index contributed by atoms with van der Waals surface area (Å²) in [6.45, 7) is 1.39. The first-order chi connectivity index (χ1) is 13.0. The van der Waals surface area contributed by atoms with Crippen LogP contribution in [-0.4, -0.2) is 35.4 Å². The Hall–Kier alpha value is -1.42. The third-order valence-electron chi connectivity index (χ3n) is 5.23. The van der Waals surface area contributed by atoms with E-state index in [1.807, 2.05) is 23.1 Å². The standard InChI is InChI=1S/C22H24Cl2FNO/c23-19-8-6-16(7-9-19)14-17-10-12-26(13-11-17)21(25)15-20(24)22(27)18-4-2-1-3-5-18/h1-9,17,20-21H,10-15H2. The maximum absolute atomic E-state index is 14.7. The normalized spacial score (nSPS) is 18.2. The number of alkyl halides is 2. The van der Waals surface area contributed by atoms with Crippen LogP contribution in [0.15, 0.2) is 54.6 Å². The number of rotatable bonds is 7. The van der Waals surface area contributed by atoms with E-state index in [1.54, 1.807) is 24.3 Å². The molecule has 3 rings (SSSR count). The zero-order chi connectivity index (χ0) is 19.2. The van der Waals surface area contributed by atoms with E-state index in [-0.39, 0.29) is 12.2 Å². The number of benzene rings is 2. The number of piperidine rings is 1. The van der Waals surface area contributed by atoms with Crippen LogP contribution in [0.25, 0.3) is 0 Å². The van der Waals surface area contributed by atoms with E-state index in [0.29, 0.717) is 24.6 Å². The third kappa shape index (κ3) is 5.78. The minimum Gasteiger partial charge on any atom is -0.293 e. The second kappa shape index (κ2) is 9.68. The van der Waals surface area contributed by atoms with E-state index in [0.717, 1.165) is 24.3 Å². The fourth-order valence-electron chi connectivity index (χ4n) is 3.60. The van der Waals surface area contributed by atoms with Gasteiger partial charge in [-0.2, -0.15) is 0 Å². The summed E-state index contributed by atoms with van der Waals surface area (Å²) in [4.78, 5) is 14.1. The topological polar surface area (TPSA) is 20.3 Å². The molecule has 0 radical (unpaired) electrons. The van der Waals surface area contributed by atoms with Gasteiger partial charge in [0.1, 0.15) is 5.38 Å². The van der Waals surface area contributed by atoms with Crippen LogP contribution in [0.1, 0.15) is 35.2 Å². The van der Waals surface area contributed by atoms with Gasteiger partial charge in [0.15, 0.2) is 12.1 Å². The molecule has 144 valence electrons. The quantitative estimate of drug-likeness (QED) is 0.329. The van der Waals surface area contributed by atoms with Crippen LogP contribution in [0.3, 0.4) is 0 Å². The van der Waals surface area contributed by atoms with E-state index < -0.39 is 11.7 Å². The molecule has 1 aliphatic rings. The Kier molecular flexibility index (Phi) is 7.28. The van der Waals surface area contributed by atoms with Crippen LogP contribution in [-0.2, 0) is 6.42 Å². The molecule has 1 heterocycles. The van der Waals surface area contributed by atoms with Crippen molar-refractivity contribution in [2.45, 2.75) is 37.4 Å². The Balaban J connectivity index is 1.46. The number of likely N-dealkylation sites (tertiary alicyclic amines) is 1. The van der Waals surface area contributed by atoms with Gasteiger partial charge in [-0.1, -0.05) is 54.1 Å². The Morgan fingerprint density at radius 1 is 1.07 bits per heavy atom. The highest BCUT2D eigenvalue weighted by atomic mass is 35.5. The highest BCUT2D eigenvalue weighted by Gasteiger charge is 2.29. The number of hydrogen-bond acceptors (Lipinski definition) is 2. The van der Waals surface area contributed by atoms with Gasteiger partial charge >= 0.3 is 0 Å². The summed E-state index contributed by atoms with van der Waals surface area (Å²) in [5.74, 6) is 0.338. The van der Waals surface area contributed by atoms with Crippen molar-refractivity contribution in [3.05, 3.63) is 70.7 Å². The SMILES string of the molecule is O=C(c1ccccc1)C(Cl)CC(F)N1CCC(Cc2ccc(Cl)cc2)CC1. The van der Waals surface area contributed by atoms with Gasteiger partial charge in [-0.05, 0) is 42.9 Å². The number of ketones is 1. The fraction of sp³-hybridized carbons (Fsp3) is 0.409. The third-order valence-corrected chi connectivity index (χ3v) is 5.86. The smallest absolute Gasteiger partial charge is 0.180 e. The predicted octanol–water partition coefficient (Wildman–Crippen LogP) is 5.77. The molecule has 0 spiro atoms. The van der Waals surface area contributed by atoms with E-state index in [4.69, 9.17) is 23.2 Å². The number of halogens is 3. The summed E-state index contributed by atoms with van der Waals surface area (Å²) in [7, 11) is 0. The van der Waals surface area contributed by atoms with Gasteiger partial charge in [0.25, 0.3) is 0 Å². The molecule has 0 bridgehead atoms. The van der Waals surface area contributed by atoms with Crippen molar-refractivity contribution in [2.75, 3.05) is 13.1 Å². The Morgan fingerprint density at radius 2 is 1.70 bits per heavy atom. The Morgan fingerprint density at radius 3 is 2.33 bits per heavy atom. The van der Waals surface area contributed by atoms with Crippen LogP contribution in [0, 0.1) is 5.92 Å². The zero-order valence-corrected chi connectivity index (χ0v) is 16.7. The lowest BCUT2D eigenvalue weighted by atomic mass is 9.90. The molecular weight excluding hydrogens is 384 g/mol.